The number of methoxy groups -OCH3 is 2. The van der Waals surface area contributed by atoms with E-state index in [2.05, 4.69) is 53.1 Å². The minimum absolute atomic E-state index is 0. The highest BCUT2D eigenvalue weighted by Crippen LogP contribution is 2.44. The summed E-state index contributed by atoms with van der Waals surface area (Å²) in [5.41, 5.74) is 5.91. The number of pyridine rings is 1. The van der Waals surface area contributed by atoms with Crippen LogP contribution >= 0.6 is 0 Å². The van der Waals surface area contributed by atoms with E-state index in [1.807, 2.05) is 12.1 Å². The molecular formula is C26H22ClNO4. The molecule has 162 valence electrons. The quantitative estimate of drug-likeness (QED) is 0.449. The molecule has 3 heterocycles. The maximum Gasteiger partial charge on any atom is 0.231 e. The van der Waals surface area contributed by atoms with E-state index >= 15 is 0 Å². The highest BCUT2D eigenvalue weighted by molar-refractivity contribution is 6.01. The van der Waals surface area contributed by atoms with Crippen molar-refractivity contribution in [3.05, 3.63) is 66.2 Å². The van der Waals surface area contributed by atoms with E-state index in [-0.39, 0.29) is 19.2 Å². The van der Waals surface area contributed by atoms with Gasteiger partial charge in [0.15, 0.2) is 29.5 Å². The Bertz CT molecular complexity index is 1340. The van der Waals surface area contributed by atoms with Gasteiger partial charge >= 0.3 is 0 Å². The van der Waals surface area contributed by atoms with Gasteiger partial charge in [0, 0.05) is 18.1 Å². The Balaban J connectivity index is 0.00000216. The largest absolute Gasteiger partial charge is 1.00 e. The number of benzene rings is 3. The van der Waals surface area contributed by atoms with Gasteiger partial charge < -0.3 is 31.4 Å². The second kappa shape index (κ2) is 7.92. The van der Waals surface area contributed by atoms with Gasteiger partial charge in [-0.3, -0.25) is 0 Å². The number of aromatic nitrogens is 1. The van der Waals surface area contributed by atoms with Gasteiger partial charge in [-0.15, -0.1) is 0 Å². The molecule has 2 aliphatic heterocycles. The predicted octanol–water partition coefficient (Wildman–Crippen LogP) is 1.77. The summed E-state index contributed by atoms with van der Waals surface area (Å²) in [5.74, 6) is 3.13. The standard InChI is InChI=1S/C26H22NO4.ClH/c1-28-21-9-8-18-12-20-19-14-23-22(30-15-31-23)13-17(19)10-11-27(20)25(24(18)26(21)29-2)16-6-4-3-5-7-16;/h3-9,12-14H,10-11,15H2,1-2H3;1H/q+1;/p-1. The fourth-order valence-corrected chi connectivity index (χ4v) is 4.80. The molecule has 6 rings (SSSR count). The summed E-state index contributed by atoms with van der Waals surface area (Å²) in [6, 6.07) is 21.0. The molecule has 3 aromatic carbocycles. The molecule has 0 atom stereocenters. The monoisotopic (exact) mass is 447 g/mol. The van der Waals surface area contributed by atoms with E-state index in [1.165, 1.54) is 11.1 Å². The molecule has 0 saturated heterocycles. The number of ether oxygens (including phenoxy) is 4. The highest BCUT2D eigenvalue weighted by Gasteiger charge is 2.33. The van der Waals surface area contributed by atoms with Crippen LogP contribution in [0.4, 0.5) is 0 Å². The Labute approximate surface area is 192 Å². The second-order valence-electron chi connectivity index (χ2n) is 7.77. The molecule has 0 bridgehead atoms. The Kier molecular flexibility index (Phi) is 5.06. The molecule has 2 aliphatic rings. The maximum atomic E-state index is 5.86. The lowest BCUT2D eigenvalue weighted by Crippen LogP contribution is -3.00. The smallest absolute Gasteiger partial charge is 0.231 e. The first-order chi connectivity index (χ1) is 15.3. The van der Waals surface area contributed by atoms with Crippen molar-refractivity contribution < 1.29 is 35.9 Å². The number of nitrogens with zero attached hydrogens (tertiary/aromatic N) is 1. The zero-order valence-electron chi connectivity index (χ0n) is 17.9. The average Bonchev–Trinajstić information content (AvgIpc) is 3.28. The predicted molar refractivity (Wildman–Crippen MR) is 118 cm³/mol. The van der Waals surface area contributed by atoms with Gasteiger partial charge in [0.1, 0.15) is 5.39 Å². The van der Waals surface area contributed by atoms with Gasteiger partial charge in [-0.2, -0.15) is 4.57 Å². The van der Waals surface area contributed by atoms with Crippen molar-refractivity contribution in [2.45, 2.75) is 13.0 Å². The Morgan fingerprint density at radius 2 is 1.66 bits per heavy atom. The van der Waals surface area contributed by atoms with Gasteiger partial charge in [-0.1, -0.05) is 18.2 Å². The lowest BCUT2D eigenvalue weighted by atomic mass is 9.92. The molecule has 0 N–H and O–H groups in total. The summed E-state index contributed by atoms with van der Waals surface area (Å²) in [7, 11) is 3.38. The number of rotatable bonds is 3. The number of hydrogen-bond acceptors (Lipinski definition) is 4. The lowest BCUT2D eigenvalue weighted by molar-refractivity contribution is -0.675. The normalized spacial score (nSPS) is 13.2. The van der Waals surface area contributed by atoms with Gasteiger partial charge in [0.05, 0.1) is 19.8 Å². The van der Waals surface area contributed by atoms with Crippen LogP contribution in [-0.2, 0) is 13.0 Å². The van der Waals surface area contributed by atoms with E-state index in [0.717, 1.165) is 63.7 Å². The van der Waals surface area contributed by atoms with E-state index in [0.29, 0.717) is 0 Å². The van der Waals surface area contributed by atoms with Gasteiger partial charge in [0.25, 0.3) is 0 Å². The van der Waals surface area contributed by atoms with Crippen LogP contribution in [0.1, 0.15) is 5.56 Å². The van der Waals surface area contributed by atoms with Crippen LogP contribution < -0.4 is 35.9 Å². The second-order valence-corrected chi connectivity index (χ2v) is 7.77. The summed E-state index contributed by atoms with van der Waals surface area (Å²) in [6.07, 6.45) is 0.918. The first kappa shape index (κ1) is 20.5. The fraction of sp³-hybridized carbons (Fsp3) is 0.192. The van der Waals surface area contributed by atoms with E-state index in [9.17, 15) is 0 Å². The first-order valence-electron chi connectivity index (χ1n) is 10.4. The third kappa shape index (κ3) is 2.96. The molecule has 4 aromatic rings. The van der Waals surface area contributed by atoms with E-state index < -0.39 is 0 Å². The minimum Gasteiger partial charge on any atom is -1.00 e. The van der Waals surface area contributed by atoms with Crippen molar-refractivity contribution in [2.75, 3.05) is 21.0 Å². The van der Waals surface area contributed by atoms with Crippen molar-refractivity contribution in [2.24, 2.45) is 0 Å². The molecule has 0 unspecified atom stereocenters. The SMILES string of the molecule is COc1ccc2cc3[n+](c(-c4ccccc4)c2c1OC)CCc1cc2c(cc1-3)OCO2.[Cl-]. The topological polar surface area (TPSA) is 40.8 Å². The zero-order valence-corrected chi connectivity index (χ0v) is 18.6. The number of halogens is 1. The highest BCUT2D eigenvalue weighted by atomic mass is 35.5. The summed E-state index contributed by atoms with van der Waals surface area (Å²) in [5, 5.41) is 2.16. The molecule has 0 fully saturated rings. The molecule has 0 aliphatic carbocycles. The first-order valence-corrected chi connectivity index (χ1v) is 10.4. The summed E-state index contributed by atoms with van der Waals surface area (Å²) in [6.45, 7) is 1.14. The molecule has 5 nitrogen and oxygen atoms in total. The molecule has 0 radical (unpaired) electrons. The van der Waals surface area contributed by atoms with Crippen LogP contribution in [0, 0.1) is 0 Å². The van der Waals surface area contributed by atoms with Gasteiger partial charge in [-0.05, 0) is 47.3 Å². The van der Waals surface area contributed by atoms with Crippen LogP contribution in [0.2, 0.25) is 0 Å². The van der Waals surface area contributed by atoms with Crippen molar-refractivity contribution in [1.29, 1.82) is 0 Å². The number of aryl methyl sites for hydroxylation is 1. The average molecular weight is 448 g/mol. The molecule has 0 saturated carbocycles. The Morgan fingerprint density at radius 1 is 0.875 bits per heavy atom. The van der Waals surface area contributed by atoms with Crippen LogP contribution in [-0.4, -0.2) is 21.0 Å². The molecule has 0 spiro atoms. The minimum atomic E-state index is 0. The van der Waals surface area contributed by atoms with Crippen molar-refractivity contribution in [1.82, 2.24) is 0 Å². The van der Waals surface area contributed by atoms with Crippen LogP contribution in [0.25, 0.3) is 33.3 Å². The maximum absolute atomic E-state index is 5.86. The van der Waals surface area contributed by atoms with E-state index in [4.69, 9.17) is 18.9 Å². The van der Waals surface area contributed by atoms with Gasteiger partial charge in [-0.25, -0.2) is 0 Å². The summed E-state index contributed by atoms with van der Waals surface area (Å²) in [4.78, 5) is 0. The number of fused-ring (bicyclic) bond motifs is 5. The van der Waals surface area contributed by atoms with Gasteiger partial charge in [0.2, 0.25) is 18.2 Å². The molecular weight excluding hydrogens is 426 g/mol. The van der Waals surface area contributed by atoms with E-state index in [1.54, 1.807) is 14.2 Å². The van der Waals surface area contributed by atoms with Crippen LogP contribution in [0.3, 0.4) is 0 Å². The molecule has 6 heteroatoms. The lowest BCUT2D eigenvalue weighted by Gasteiger charge is -2.20. The summed E-state index contributed by atoms with van der Waals surface area (Å²) >= 11 is 0. The Morgan fingerprint density at radius 3 is 2.41 bits per heavy atom. The number of hydrogen-bond donors (Lipinski definition) is 0. The zero-order chi connectivity index (χ0) is 20.9. The van der Waals surface area contributed by atoms with Crippen LogP contribution in [0.15, 0.2) is 60.7 Å². The molecule has 32 heavy (non-hydrogen) atoms. The third-order valence-electron chi connectivity index (χ3n) is 6.19. The molecule has 0 amide bonds. The Hall–Kier alpha value is -3.44. The molecule has 1 aromatic heterocycles. The van der Waals surface area contributed by atoms with Crippen molar-refractivity contribution in [3.63, 3.8) is 0 Å². The summed E-state index contributed by atoms with van der Waals surface area (Å²) < 4.78 is 25.2. The van der Waals surface area contributed by atoms with Crippen molar-refractivity contribution >= 4 is 10.8 Å². The third-order valence-corrected chi connectivity index (χ3v) is 6.19. The van der Waals surface area contributed by atoms with Crippen LogP contribution in [0.5, 0.6) is 23.0 Å². The van der Waals surface area contributed by atoms with Crippen molar-refractivity contribution in [3.8, 4) is 45.5 Å². The fourth-order valence-electron chi connectivity index (χ4n) is 4.80.